The summed E-state index contributed by atoms with van der Waals surface area (Å²) in [7, 11) is 0. The molecule has 1 saturated heterocycles. The van der Waals surface area contributed by atoms with Crippen LogP contribution in [0.25, 0.3) is 0 Å². The molecule has 2 amide bonds. The Hall–Kier alpha value is -3.92. The number of aliphatic hydroxyl groups is 4. The standard InChI is InChI=1S/C37H52N2O12/c40-23-31(44)39-33-28(41)21-37(36(48)49,50-24-27-13-9-7-10-14-27)51-35(33)34(47)29(42)22-38-30(43)20-26-18-16-25(17-19-26)12-8-5-3-1-2-4-6-11-15-32(45)46/h7,9-10,13-14,16-19,28-29,33-35,40-42,47H,1-6,8,11-12,15,20-24H2,(H,38,43)(H,39,44)(H,45,46)(H,48,49)/t28-,29+,33+,34+,35+,37+/m0/s1. The molecule has 1 fully saturated rings. The average Bonchev–Trinajstić information content (AvgIpc) is 3.11. The lowest BCUT2D eigenvalue weighted by molar-refractivity contribution is -0.314. The molecule has 0 aromatic heterocycles. The number of aliphatic carboxylic acids is 2. The maximum atomic E-state index is 12.7. The minimum Gasteiger partial charge on any atom is -0.481 e. The van der Waals surface area contributed by atoms with Gasteiger partial charge in [-0.2, -0.15) is 0 Å². The van der Waals surface area contributed by atoms with Gasteiger partial charge in [0.2, 0.25) is 11.8 Å². The number of aryl methyl sites for hydroxylation is 1. The van der Waals surface area contributed by atoms with E-state index >= 15 is 0 Å². The van der Waals surface area contributed by atoms with Crippen molar-refractivity contribution in [3.63, 3.8) is 0 Å². The van der Waals surface area contributed by atoms with Crippen LogP contribution in [-0.2, 0) is 48.1 Å². The SMILES string of the molecule is O=C(O)CCCCCCCCCCc1ccc(CC(=O)NC[C@@H](O)[C@@H](O)[C@@H]2O[C@@](OCc3ccccc3)(C(=O)O)C[C@H](O)[C@H]2NC(=O)CO)cc1. The maximum absolute atomic E-state index is 12.7. The van der Waals surface area contributed by atoms with E-state index < -0.39 is 79.6 Å². The molecular formula is C37H52N2O12. The van der Waals surface area contributed by atoms with Gasteiger partial charge in [0.05, 0.1) is 31.3 Å². The normalized spacial score (nSPS) is 21.4. The number of hydrogen-bond donors (Lipinski definition) is 8. The van der Waals surface area contributed by atoms with Gasteiger partial charge in [-0.1, -0.05) is 93.1 Å². The van der Waals surface area contributed by atoms with E-state index in [0.29, 0.717) is 5.56 Å². The van der Waals surface area contributed by atoms with Crippen LogP contribution in [0.1, 0.15) is 80.9 Å². The summed E-state index contributed by atoms with van der Waals surface area (Å²) >= 11 is 0. The van der Waals surface area contributed by atoms with Gasteiger partial charge in [0.1, 0.15) is 18.8 Å². The zero-order valence-corrected chi connectivity index (χ0v) is 28.8. The molecule has 6 atom stereocenters. The van der Waals surface area contributed by atoms with Gasteiger partial charge in [-0.25, -0.2) is 4.79 Å². The number of benzene rings is 2. The third kappa shape index (κ3) is 14.0. The monoisotopic (exact) mass is 716 g/mol. The third-order valence-electron chi connectivity index (χ3n) is 8.92. The fourth-order valence-corrected chi connectivity index (χ4v) is 6.02. The summed E-state index contributed by atoms with van der Waals surface area (Å²) in [4.78, 5) is 47.7. The van der Waals surface area contributed by atoms with E-state index in [0.717, 1.165) is 68.9 Å². The summed E-state index contributed by atoms with van der Waals surface area (Å²) < 4.78 is 11.4. The Morgan fingerprint density at radius 1 is 0.824 bits per heavy atom. The van der Waals surface area contributed by atoms with E-state index in [4.69, 9.17) is 14.6 Å². The van der Waals surface area contributed by atoms with Gasteiger partial charge in [0.25, 0.3) is 5.79 Å². The molecule has 0 radical (unpaired) electrons. The topological polar surface area (TPSA) is 232 Å². The Labute approximate surface area is 297 Å². The lowest BCUT2D eigenvalue weighted by atomic mass is 9.88. The average molecular weight is 717 g/mol. The number of aliphatic hydroxyl groups excluding tert-OH is 4. The van der Waals surface area contributed by atoms with Crippen LogP contribution in [-0.4, -0.2) is 104 Å². The van der Waals surface area contributed by atoms with Crippen molar-refractivity contribution in [3.05, 3.63) is 71.3 Å². The van der Waals surface area contributed by atoms with E-state index in [-0.39, 0.29) is 19.4 Å². The zero-order valence-electron chi connectivity index (χ0n) is 28.8. The van der Waals surface area contributed by atoms with Gasteiger partial charge in [-0.3, -0.25) is 14.4 Å². The Bertz CT molecular complexity index is 1380. The molecule has 14 heteroatoms. The van der Waals surface area contributed by atoms with Crippen LogP contribution < -0.4 is 10.6 Å². The summed E-state index contributed by atoms with van der Waals surface area (Å²) in [5.74, 6) is -6.18. The molecule has 0 saturated carbocycles. The number of rotatable bonds is 23. The Kier molecular flexibility index (Phi) is 17.5. The van der Waals surface area contributed by atoms with Crippen LogP contribution in [0.5, 0.6) is 0 Å². The number of carbonyl (C=O) groups is 4. The number of carboxylic acid groups (broad SMARTS) is 2. The summed E-state index contributed by atoms with van der Waals surface area (Å²) in [6, 6.07) is 14.8. The maximum Gasteiger partial charge on any atom is 0.364 e. The lowest BCUT2D eigenvalue weighted by Gasteiger charge is -2.46. The quantitative estimate of drug-likeness (QED) is 0.0770. The van der Waals surface area contributed by atoms with Gasteiger partial charge in [-0.15, -0.1) is 0 Å². The highest BCUT2D eigenvalue weighted by molar-refractivity contribution is 5.79. The highest BCUT2D eigenvalue weighted by Crippen LogP contribution is 2.34. The smallest absolute Gasteiger partial charge is 0.364 e. The van der Waals surface area contributed by atoms with Crippen molar-refractivity contribution in [1.29, 1.82) is 0 Å². The molecule has 2 aromatic rings. The predicted molar refractivity (Wildman–Crippen MR) is 184 cm³/mol. The van der Waals surface area contributed by atoms with E-state index in [1.54, 1.807) is 30.3 Å². The Morgan fingerprint density at radius 3 is 2.04 bits per heavy atom. The molecule has 51 heavy (non-hydrogen) atoms. The van der Waals surface area contributed by atoms with Crippen molar-refractivity contribution in [2.75, 3.05) is 13.2 Å². The van der Waals surface area contributed by atoms with Crippen molar-refractivity contribution in [2.24, 2.45) is 0 Å². The van der Waals surface area contributed by atoms with Crippen molar-refractivity contribution in [2.45, 2.75) is 120 Å². The summed E-state index contributed by atoms with van der Waals surface area (Å²) in [5.41, 5.74) is 2.49. The zero-order chi connectivity index (χ0) is 37.2. The van der Waals surface area contributed by atoms with E-state index in [1.165, 1.54) is 0 Å². The largest absolute Gasteiger partial charge is 0.481 e. The number of unbranched alkanes of at least 4 members (excludes halogenated alkanes) is 7. The summed E-state index contributed by atoms with van der Waals surface area (Å²) in [5, 5.41) is 65.7. The minimum atomic E-state index is -2.46. The highest BCUT2D eigenvalue weighted by Gasteiger charge is 2.55. The molecular weight excluding hydrogens is 664 g/mol. The second kappa shape index (κ2) is 21.4. The van der Waals surface area contributed by atoms with Crippen molar-refractivity contribution >= 4 is 23.8 Å². The van der Waals surface area contributed by atoms with E-state index in [1.807, 2.05) is 24.3 Å². The van der Waals surface area contributed by atoms with Crippen LogP contribution in [0.2, 0.25) is 0 Å². The number of carboxylic acids is 2. The fraction of sp³-hybridized carbons (Fsp3) is 0.568. The molecule has 1 aliphatic heterocycles. The molecule has 0 aliphatic carbocycles. The van der Waals surface area contributed by atoms with Crippen molar-refractivity contribution in [3.8, 4) is 0 Å². The van der Waals surface area contributed by atoms with Gasteiger partial charge in [0, 0.05) is 19.4 Å². The number of carbonyl (C=O) groups excluding carboxylic acids is 2. The second-order valence-corrected chi connectivity index (χ2v) is 13.0. The first-order chi connectivity index (χ1) is 24.4. The van der Waals surface area contributed by atoms with Gasteiger partial charge >= 0.3 is 11.9 Å². The van der Waals surface area contributed by atoms with Crippen LogP contribution in [0.3, 0.4) is 0 Å². The van der Waals surface area contributed by atoms with Crippen LogP contribution in [0.15, 0.2) is 54.6 Å². The Balaban J connectivity index is 1.49. The number of amides is 2. The van der Waals surface area contributed by atoms with Gasteiger partial charge < -0.3 is 50.7 Å². The number of ether oxygens (including phenoxy) is 2. The van der Waals surface area contributed by atoms with E-state index in [9.17, 15) is 44.7 Å². The molecule has 0 bridgehead atoms. The molecule has 0 spiro atoms. The molecule has 1 aliphatic rings. The van der Waals surface area contributed by atoms with Crippen LogP contribution in [0, 0.1) is 0 Å². The van der Waals surface area contributed by atoms with Gasteiger partial charge in [0.15, 0.2) is 0 Å². The highest BCUT2D eigenvalue weighted by atomic mass is 16.7. The molecule has 1 heterocycles. The first kappa shape index (κ1) is 41.5. The molecule has 8 N–H and O–H groups in total. The molecule has 14 nitrogen and oxygen atoms in total. The summed E-state index contributed by atoms with van der Waals surface area (Å²) in [6.07, 6.45) is 1.81. The van der Waals surface area contributed by atoms with Crippen molar-refractivity contribution in [1.82, 2.24) is 10.6 Å². The number of nitrogens with one attached hydrogen (secondary N) is 2. The predicted octanol–water partition coefficient (Wildman–Crippen LogP) is 1.83. The molecule has 282 valence electrons. The molecule has 3 rings (SSSR count). The van der Waals surface area contributed by atoms with Crippen LogP contribution in [0.4, 0.5) is 0 Å². The molecule has 0 unspecified atom stereocenters. The first-order valence-electron chi connectivity index (χ1n) is 17.5. The molecule has 2 aromatic carbocycles. The summed E-state index contributed by atoms with van der Waals surface area (Å²) in [6.45, 7) is -1.64. The van der Waals surface area contributed by atoms with E-state index in [2.05, 4.69) is 10.6 Å². The minimum absolute atomic E-state index is 0.00115. The third-order valence-corrected chi connectivity index (χ3v) is 8.92. The van der Waals surface area contributed by atoms with Crippen LogP contribution >= 0.6 is 0 Å². The second-order valence-electron chi connectivity index (χ2n) is 13.0. The lowest BCUT2D eigenvalue weighted by Crippen LogP contribution is -2.68. The first-order valence-corrected chi connectivity index (χ1v) is 17.5. The Morgan fingerprint density at radius 2 is 1.43 bits per heavy atom. The fourth-order valence-electron chi connectivity index (χ4n) is 6.02. The van der Waals surface area contributed by atoms with Gasteiger partial charge in [-0.05, 0) is 36.0 Å². The van der Waals surface area contributed by atoms with Crippen molar-refractivity contribution < 1.29 is 59.3 Å². The number of hydrogen-bond acceptors (Lipinski definition) is 10.